The third-order valence-corrected chi connectivity index (χ3v) is 4.85. The fourth-order valence-corrected chi connectivity index (χ4v) is 3.85. The highest BCUT2D eigenvalue weighted by atomic mass is 79.9. The van der Waals surface area contributed by atoms with Crippen LogP contribution < -0.4 is 4.72 Å². The van der Waals surface area contributed by atoms with Crippen LogP contribution in [0.5, 0.6) is 0 Å². The van der Waals surface area contributed by atoms with Crippen molar-refractivity contribution >= 4 is 26.0 Å². The quantitative estimate of drug-likeness (QED) is 0.867. The minimum Gasteiger partial charge on any atom is -0.384 e. The summed E-state index contributed by atoms with van der Waals surface area (Å²) in [6.45, 7) is 4.72. The molecule has 18 heavy (non-hydrogen) atoms. The topological polar surface area (TPSA) is 55.4 Å². The monoisotopic (exact) mass is 335 g/mol. The number of aryl methyl sites for hydroxylation is 1. The normalized spacial score (nSPS) is 13.6. The van der Waals surface area contributed by atoms with Gasteiger partial charge in [0.2, 0.25) is 10.0 Å². The minimum atomic E-state index is -3.47. The Labute approximate surface area is 117 Å². The third-order valence-electron chi connectivity index (χ3n) is 2.45. The fourth-order valence-electron chi connectivity index (χ4n) is 1.50. The zero-order valence-corrected chi connectivity index (χ0v) is 13.1. The van der Waals surface area contributed by atoms with Crippen molar-refractivity contribution in [1.29, 1.82) is 0 Å². The molecule has 1 atom stereocenters. The Bertz CT molecular complexity index is 502. The van der Waals surface area contributed by atoms with Gasteiger partial charge in [0.15, 0.2) is 0 Å². The molecule has 102 valence electrons. The van der Waals surface area contributed by atoms with Gasteiger partial charge in [-0.15, -0.1) is 0 Å². The Kier molecular flexibility index (Phi) is 5.78. The van der Waals surface area contributed by atoms with E-state index in [9.17, 15) is 8.42 Å². The first kappa shape index (κ1) is 15.6. The van der Waals surface area contributed by atoms with Crippen molar-refractivity contribution in [3.05, 3.63) is 28.2 Å². The van der Waals surface area contributed by atoms with E-state index in [1.54, 1.807) is 25.3 Å². The highest BCUT2D eigenvalue weighted by molar-refractivity contribution is 9.10. The highest BCUT2D eigenvalue weighted by Crippen LogP contribution is 2.22. The van der Waals surface area contributed by atoms with Gasteiger partial charge in [0.25, 0.3) is 0 Å². The number of rotatable bonds is 6. The van der Waals surface area contributed by atoms with Crippen molar-refractivity contribution in [1.82, 2.24) is 4.72 Å². The number of benzene rings is 1. The second-order valence-electron chi connectivity index (χ2n) is 4.35. The van der Waals surface area contributed by atoms with Crippen LogP contribution in [0.3, 0.4) is 0 Å². The summed E-state index contributed by atoms with van der Waals surface area (Å²) in [5.74, 6) is 0.133. The summed E-state index contributed by atoms with van der Waals surface area (Å²) in [4.78, 5) is 0.262. The van der Waals surface area contributed by atoms with Crippen molar-refractivity contribution in [3.63, 3.8) is 0 Å². The predicted octanol–water partition coefficient (Wildman–Crippen LogP) is 2.32. The number of methoxy groups -OCH3 is 1. The summed E-state index contributed by atoms with van der Waals surface area (Å²) in [6, 6.07) is 5.16. The van der Waals surface area contributed by atoms with Gasteiger partial charge in [0.05, 0.1) is 4.90 Å². The number of hydrogen-bond acceptors (Lipinski definition) is 3. The molecule has 0 radical (unpaired) electrons. The number of halogens is 1. The lowest BCUT2D eigenvalue weighted by atomic mass is 10.2. The van der Waals surface area contributed by atoms with Gasteiger partial charge in [-0.2, -0.15) is 0 Å². The van der Waals surface area contributed by atoms with Crippen LogP contribution in [0.2, 0.25) is 0 Å². The summed E-state index contributed by atoms with van der Waals surface area (Å²) >= 11 is 3.28. The van der Waals surface area contributed by atoms with Crippen LogP contribution in [0.1, 0.15) is 12.5 Å². The van der Waals surface area contributed by atoms with E-state index in [-0.39, 0.29) is 10.8 Å². The lowest BCUT2D eigenvalue weighted by molar-refractivity contribution is 0.161. The molecule has 0 amide bonds. The average molecular weight is 336 g/mol. The van der Waals surface area contributed by atoms with Crippen LogP contribution in [0, 0.1) is 12.8 Å². The van der Waals surface area contributed by atoms with Crippen LogP contribution >= 0.6 is 15.9 Å². The van der Waals surface area contributed by atoms with Crippen LogP contribution in [-0.4, -0.2) is 28.7 Å². The van der Waals surface area contributed by atoms with Gasteiger partial charge in [-0.3, -0.25) is 0 Å². The molecule has 0 aliphatic heterocycles. The van der Waals surface area contributed by atoms with E-state index in [0.29, 0.717) is 17.6 Å². The van der Waals surface area contributed by atoms with Gasteiger partial charge in [-0.25, -0.2) is 13.1 Å². The van der Waals surface area contributed by atoms with Crippen molar-refractivity contribution in [3.8, 4) is 0 Å². The lowest BCUT2D eigenvalue weighted by Gasteiger charge is -2.13. The molecule has 0 saturated carbocycles. The van der Waals surface area contributed by atoms with Crippen LogP contribution in [0.25, 0.3) is 0 Å². The van der Waals surface area contributed by atoms with Gasteiger partial charge in [0.1, 0.15) is 0 Å². The van der Waals surface area contributed by atoms with Crippen molar-refractivity contribution < 1.29 is 13.2 Å². The van der Waals surface area contributed by atoms with Crippen LogP contribution in [-0.2, 0) is 14.8 Å². The zero-order valence-electron chi connectivity index (χ0n) is 10.7. The summed E-state index contributed by atoms with van der Waals surface area (Å²) in [7, 11) is -1.87. The number of sulfonamides is 1. The third kappa shape index (κ3) is 4.35. The first-order valence-electron chi connectivity index (χ1n) is 5.61. The van der Waals surface area contributed by atoms with E-state index < -0.39 is 10.0 Å². The van der Waals surface area contributed by atoms with E-state index in [1.165, 1.54) is 0 Å². The van der Waals surface area contributed by atoms with E-state index in [1.807, 2.05) is 13.8 Å². The molecular formula is C12H18BrNO3S. The van der Waals surface area contributed by atoms with E-state index in [0.717, 1.165) is 5.56 Å². The standard InChI is InChI=1S/C12H18BrNO3S/c1-9-4-5-12(11(13)6-9)18(15,16)14-7-10(2)8-17-3/h4-6,10,14H,7-8H2,1-3H3. The molecule has 1 unspecified atom stereocenters. The van der Waals surface area contributed by atoms with Crippen molar-refractivity contribution in [2.75, 3.05) is 20.3 Å². The fraction of sp³-hybridized carbons (Fsp3) is 0.500. The SMILES string of the molecule is COCC(C)CNS(=O)(=O)c1ccc(C)cc1Br. The number of hydrogen-bond donors (Lipinski definition) is 1. The summed E-state index contributed by atoms with van der Waals surface area (Å²) in [5.41, 5.74) is 1.01. The molecule has 0 saturated heterocycles. The Balaban J connectivity index is 2.80. The molecule has 0 spiro atoms. The maximum absolute atomic E-state index is 12.1. The summed E-state index contributed by atoms with van der Waals surface area (Å²) in [5, 5.41) is 0. The van der Waals surface area contributed by atoms with Gasteiger partial charge < -0.3 is 4.74 Å². The van der Waals surface area contributed by atoms with E-state index >= 15 is 0 Å². The van der Waals surface area contributed by atoms with Crippen molar-refractivity contribution in [2.45, 2.75) is 18.7 Å². The Morgan fingerprint density at radius 2 is 2.11 bits per heavy atom. The molecule has 1 rings (SSSR count). The Morgan fingerprint density at radius 1 is 1.44 bits per heavy atom. The molecule has 0 fully saturated rings. The summed E-state index contributed by atoms with van der Waals surface area (Å²) in [6.07, 6.45) is 0. The maximum atomic E-state index is 12.1. The molecule has 1 N–H and O–H groups in total. The van der Waals surface area contributed by atoms with Crippen LogP contribution in [0.15, 0.2) is 27.6 Å². The highest BCUT2D eigenvalue weighted by Gasteiger charge is 2.18. The van der Waals surface area contributed by atoms with E-state index in [2.05, 4.69) is 20.7 Å². The molecule has 6 heteroatoms. The molecule has 1 aromatic rings. The van der Waals surface area contributed by atoms with Crippen molar-refractivity contribution in [2.24, 2.45) is 5.92 Å². The first-order valence-corrected chi connectivity index (χ1v) is 7.89. The molecule has 0 aromatic heterocycles. The first-order chi connectivity index (χ1) is 8.36. The lowest BCUT2D eigenvalue weighted by Crippen LogP contribution is -2.30. The Morgan fingerprint density at radius 3 is 2.67 bits per heavy atom. The number of ether oxygens (including phenoxy) is 1. The molecule has 4 nitrogen and oxygen atoms in total. The van der Waals surface area contributed by atoms with Gasteiger partial charge >= 0.3 is 0 Å². The largest absolute Gasteiger partial charge is 0.384 e. The Hall–Kier alpha value is -0.430. The molecule has 0 aliphatic rings. The van der Waals surface area contributed by atoms with Gasteiger partial charge in [0, 0.05) is 24.7 Å². The van der Waals surface area contributed by atoms with Gasteiger partial charge in [-0.05, 0) is 46.5 Å². The number of nitrogens with one attached hydrogen (secondary N) is 1. The van der Waals surface area contributed by atoms with E-state index in [4.69, 9.17) is 4.74 Å². The smallest absolute Gasteiger partial charge is 0.241 e. The summed E-state index contributed by atoms with van der Waals surface area (Å²) < 4.78 is 32.3. The minimum absolute atomic E-state index is 0.133. The zero-order chi connectivity index (χ0) is 13.8. The predicted molar refractivity (Wildman–Crippen MR) is 75.1 cm³/mol. The average Bonchev–Trinajstić information content (AvgIpc) is 2.26. The molecule has 0 bridgehead atoms. The maximum Gasteiger partial charge on any atom is 0.241 e. The molecule has 0 aliphatic carbocycles. The molecular weight excluding hydrogens is 318 g/mol. The second kappa shape index (κ2) is 6.65. The molecule has 1 aromatic carbocycles. The van der Waals surface area contributed by atoms with Crippen LogP contribution in [0.4, 0.5) is 0 Å². The van der Waals surface area contributed by atoms with Gasteiger partial charge in [-0.1, -0.05) is 13.0 Å². The molecule has 0 heterocycles. The second-order valence-corrected chi connectivity index (χ2v) is 6.94.